The first kappa shape index (κ1) is 21.1. The Bertz CT molecular complexity index is 1380. The van der Waals surface area contributed by atoms with E-state index in [0.717, 1.165) is 10.5 Å². The molecule has 0 unspecified atom stereocenters. The topological polar surface area (TPSA) is 80.8 Å². The molecule has 0 N–H and O–H groups in total. The van der Waals surface area contributed by atoms with E-state index in [1.54, 1.807) is 48.5 Å². The Morgan fingerprint density at radius 2 is 1.38 bits per heavy atom. The van der Waals surface area contributed by atoms with Crippen molar-refractivity contribution in [1.82, 2.24) is 0 Å². The predicted molar refractivity (Wildman–Crippen MR) is 126 cm³/mol. The molecule has 2 amide bonds. The van der Waals surface area contributed by atoms with Gasteiger partial charge >= 0.3 is 0 Å². The van der Waals surface area contributed by atoms with E-state index in [-0.39, 0.29) is 11.1 Å². The Balaban J connectivity index is 1.56. The van der Waals surface area contributed by atoms with Crippen molar-refractivity contribution in [2.75, 3.05) is 4.90 Å². The van der Waals surface area contributed by atoms with E-state index in [4.69, 9.17) is 4.74 Å². The number of carbonyl (C=O) groups excluding carboxylic acids is 4. The maximum atomic E-state index is 13.9. The number of aryl methyl sites for hydroxylation is 1. The molecule has 1 spiro atoms. The molecule has 7 heteroatoms. The fourth-order valence-electron chi connectivity index (χ4n) is 5.44. The number of hydrogen-bond acceptors (Lipinski definition) is 5. The van der Waals surface area contributed by atoms with Crippen molar-refractivity contribution in [1.29, 1.82) is 0 Å². The lowest BCUT2D eigenvalue weighted by atomic mass is 9.77. The number of anilines is 1. The average molecular weight is 516 g/mol. The van der Waals surface area contributed by atoms with Gasteiger partial charge in [0, 0.05) is 15.6 Å². The molecule has 3 atom stereocenters. The maximum absolute atomic E-state index is 13.9. The summed E-state index contributed by atoms with van der Waals surface area (Å²) in [4.78, 5) is 56.2. The van der Waals surface area contributed by atoms with Gasteiger partial charge in [0.05, 0.1) is 23.6 Å². The third-order valence-electron chi connectivity index (χ3n) is 7.02. The monoisotopic (exact) mass is 515 g/mol. The summed E-state index contributed by atoms with van der Waals surface area (Å²) in [5.74, 6) is -4.48. The average Bonchev–Trinajstić information content (AvgIpc) is 3.40. The predicted octanol–water partition coefficient (Wildman–Crippen LogP) is 4.45. The van der Waals surface area contributed by atoms with Gasteiger partial charge in [-0.05, 0) is 40.5 Å². The maximum Gasteiger partial charge on any atom is 0.241 e. The molecule has 3 aromatic carbocycles. The minimum Gasteiger partial charge on any atom is -0.349 e. The van der Waals surface area contributed by atoms with Crippen LogP contribution in [0, 0.1) is 18.8 Å². The minimum absolute atomic E-state index is 0.218. The van der Waals surface area contributed by atoms with E-state index in [1.165, 1.54) is 0 Å². The molecule has 0 bridgehead atoms. The number of halogens is 1. The number of Topliss-reactive ketones (excluding diaryl/α,β-unsaturated/α-hetero) is 2. The highest BCUT2D eigenvalue weighted by atomic mass is 79.9. The van der Waals surface area contributed by atoms with Gasteiger partial charge < -0.3 is 4.74 Å². The zero-order chi connectivity index (χ0) is 23.8. The minimum atomic E-state index is -2.06. The quantitative estimate of drug-likeness (QED) is 0.372. The van der Waals surface area contributed by atoms with Crippen molar-refractivity contribution < 1.29 is 23.9 Å². The summed E-state index contributed by atoms with van der Waals surface area (Å²) in [6.07, 6.45) is -0.920. The molecule has 2 aliphatic heterocycles. The Labute approximate surface area is 203 Å². The van der Waals surface area contributed by atoms with Crippen molar-refractivity contribution in [3.63, 3.8) is 0 Å². The van der Waals surface area contributed by atoms with Crippen LogP contribution in [0.5, 0.6) is 0 Å². The molecule has 34 heavy (non-hydrogen) atoms. The summed E-state index contributed by atoms with van der Waals surface area (Å²) in [5.41, 5.74) is 0.402. The second kappa shape index (κ2) is 7.29. The second-order valence-electron chi connectivity index (χ2n) is 8.86. The van der Waals surface area contributed by atoms with E-state index in [1.807, 2.05) is 31.2 Å². The zero-order valence-electron chi connectivity index (χ0n) is 18.0. The molecule has 3 aromatic rings. The van der Waals surface area contributed by atoms with Crippen LogP contribution < -0.4 is 4.90 Å². The Kier molecular flexibility index (Phi) is 4.53. The van der Waals surface area contributed by atoms with Crippen molar-refractivity contribution in [3.05, 3.63) is 99.5 Å². The second-order valence-corrected chi connectivity index (χ2v) is 9.71. The summed E-state index contributed by atoms with van der Waals surface area (Å²) >= 11 is 3.42. The summed E-state index contributed by atoms with van der Waals surface area (Å²) in [6, 6.07) is 20.7. The third kappa shape index (κ3) is 2.59. The summed E-state index contributed by atoms with van der Waals surface area (Å²) in [5, 5.41) is 0. The number of hydrogen-bond donors (Lipinski definition) is 0. The van der Waals surface area contributed by atoms with Gasteiger partial charge in [0.1, 0.15) is 0 Å². The number of amides is 2. The van der Waals surface area contributed by atoms with Crippen LogP contribution >= 0.6 is 15.9 Å². The van der Waals surface area contributed by atoms with E-state index >= 15 is 0 Å². The van der Waals surface area contributed by atoms with Gasteiger partial charge in [0.25, 0.3) is 0 Å². The van der Waals surface area contributed by atoms with Crippen LogP contribution in [0.2, 0.25) is 0 Å². The summed E-state index contributed by atoms with van der Waals surface area (Å²) < 4.78 is 6.85. The van der Waals surface area contributed by atoms with Crippen molar-refractivity contribution >= 4 is 45.0 Å². The molecule has 3 aliphatic rings. The fourth-order valence-corrected chi connectivity index (χ4v) is 5.91. The standard InChI is InChI=1S/C27H18BrNO5/c1-14-10-12-15(13-11-14)22-20-21(26(33)29(25(20)32)19-9-5-4-8-18(19)28)27(34-22)23(30)16-6-2-3-7-17(16)24(27)31/h2-13,20-22H,1H3/t20-,21+,22-/m0/s1. The van der Waals surface area contributed by atoms with Gasteiger partial charge in [-0.2, -0.15) is 0 Å². The number of benzene rings is 3. The van der Waals surface area contributed by atoms with E-state index in [0.29, 0.717) is 15.7 Å². The fraction of sp³-hybridized carbons (Fsp3) is 0.185. The van der Waals surface area contributed by atoms with Crippen LogP contribution in [0.15, 0.2) is 77.3 Å². The first-order valence-electron chi connectivity index (χ1n) is 10.9. The highest BCUT2D eigenvalue weighted by molar-refractivity contribution is 9.10. The molecule has 0 saturated carbocycles. The first-order chi connectivity index (χ1) is 16.4. The lowest BCUT2D eigenvalue weighted by Gasteiger charge is -2.27. The number of ketones is 2. The SMILES string of the molecule is Cc1ccc([C@@H]2OC3(C(=O)c4ccccc4C3=O)[C@H]3C(=O)N(c4ccccc4Br)C(=O)[C@H]23)cc1. The Morgan fingerprint density at radius 1 is 0.794 bits per heavy atom. The molecule has 6 nitrogen and oxygen atoms in total. The molecular weight excluding hydrogens is 498 g/mol. The van der Waals surface area contributed by atoms with Gasteiger partial charge in [-0.15, -0.1) is 0 Å². The summed E-state index contributed by atoms with van der Waals surface area (Å²) in [7, 11) is 0. The number of fused-ring (bicyclic) bond motifs is 3. The van der Waals surface area contributed by atoms with Crippen LogP contribution in [0.25, 0.3) is 0 Å². The normalized spacial score (nSPS) is 24.8. The van der Waals surface area contributed by atoms with Gasteiger partial charge in [0.15, 0.2) is 0 Å². The number of nitrogens with zero attached hydrogens (tertiary/aromatic N) is 1. The highest BCUT2D eigenvalue weighted by Crippen LogP contribution is 2.58. The van der Waals surface area contributed by atoms with Gasteiger partial charge in [0.2, 0.25) is 29.0 Å². The smallest absolute Gasteiger partial charge is 0.241 e. The van der Waals surface area contributed by atoms with Crippen LogP contribution in [-0.4, -0.2) is 29.0 Å². The van der Waals surface area contributed by atoms with Gasteiger partial charge in [-0.25, -0.2) is 4.90 Å². The summed E-state index contributed by atoms with van der Waals surface area (Å²) in [6.45, 7) is 1.93. The molecule has 168 valence electrons. The number of carbonyl (C=O) groups is 4. The number of ether oxygens (including phenoxy) is 1. The third-order valence-corrected chi connectivity index (χ3v) is 7.69. The Hall–Kier alpha value is -3.42. The molecule has 2 heterocycles. The zero-order valence-corrected chi connectivity index (χ0v) is 19.6. The van der Waals surface area contributed by atoms with Crippen molar-refractivity contribution in [3.8, 4) is 0 Å². The molecule has 6 rings (SSSR count). The number of imide groups is 1. The van der Waals surface area contributed by atoms with E-state index < -0.39 is 46.9 Å². The highest BCUT2D eigenvalue weighted by Gasteiger charge is 2.74. The number of para-hydroxylation sites is 1. The van der Waals surface area contributed by atoms with Crippen LogP contribution in [0.1, 0.15) is 37.9 Å². The lowest BCUT2D eigenvalue weighted by molar-refractivity contribution is -0.127. The number of rotatable bonds is 2. The molecule has 1 aliphatic carbocycles. The van der Waals surface area contributed by atoms with E-state index in [2.05, 4.69) is 15.9 Å². The lowest BCUT2D eigenvalue weighted by Crippen LogP contribution is -2.51. The Morgan fingerprint density at radius 3 is 2.00 bits per heavy atom. The molecule has 2 fully saturated rings. The van der Waals surface area contributed by atoms with Gasteiger partial charge in [-0.3, -0.25) is 19.2 Å². The molecule has 0 aromatic heterocycles. The largest absolute Gasteiger partial charge is 0.349 e. The van der Waals surface area contributed by atoms with Gasteiger partial charge in [-0.1, -0.05) is 66.2 Å². The van der Waals surface area contributed by atoms with Crippen LogP contribution in [0.4, 0.5) is 5.69 Å². The molecular formula is C27H18BrNO5. The van der Waals surface area contributed by atoms with Crippen molar-refractivity contribution in [2.24, 2.45) is 11.8 Å². The van der Waals surface area contributed by atoms with Crippen LogP contribution in [-0.2, 0) is 14.3 Å². The van der Waals surface area contributed by atoms with E-state index in [9.17, 15) is 19.2 Å². The molecule has 0 radical (unpaired) electrons. The molecule has 2 saturated heterocycles. The van der Waals surface area contributed by atoms with Crippen molar-refractivity contribution in [2.45, 2.75) is 18.6 Å². The van der Waals surface area contributed by atoms with Crippen LogP contribution in [0.3, 0.4) is 0 Å². The first-order valence-corrected chi connectivity index (χ1v) is 11.7.